The van der Waals surface area contributed by atoms with E-state index in [1.165, 1.54) is 6.92 Å². The van der Waals surface area contributed by atoms with E-state index in [-0.39, 0.29) is 5.96 Å². The quantitative estimate of drug-likeness (QED) is 0.216. The van der Waals surface area contributed by atoms with Gasteiger partial charge in [0.1, 0.15) is 0 Å². The van der Waals surface area contributed by atoms with E-state index in [9.17, 15) is 13.2 Å². The maximum Gasteiger partial charge on any atom is 0.391 e. The maximum atomic E-state index is 12.1. The first-order valence-corrected chi connectivity index (χ1v) is 5.22. The molecule has 0 bridgehead atoms. The van der Waals surface area contributed by atoms with Gasteiger partial charge in [0.2, 0.25) is 5.96 Å². The van der Waals surface area contributed by atoms with Crippen molar-refractivity contribution < 1.29 is 17.9 Å². The lowest BCUT2D eigenvalue weighted by Gasteiger charge is -2.17. The van der Waals surface area contributed by atoms with Gasteiger partial charge in [-0.25, -0.2) is 5.84 Å². The highest BCUT2D eigenvalue weighted by atomic mass is 19.4. The van der Waals surface area contributed by atoms with Crippen LogP contribution in [0.15, 0.2) is 4.99 Å². The summed E-state index contributed by atoms with van der Waals surface area (Å²) < 4.78 is 41.0. The van der Waals surface area contributed by atoms with Gasteiger partial charge in [-0.05, 0) is 13.3 Å². The van der Waals surface area contributed by atoms with Crippen molar-refractivity contribution in [3.05, 3.63) is 0 Å². The zero-order chi connectivity index (χ0) is 13.3. The second-order valence-corrected chi connectivity index (χ2v) is 3.59. The number of hydrogen-bond donors (Lipinski definition) is 3. The molecule has 0 aromatic heterocycles. The van der Waals surface area contributed by atoms with E-state index in [0.717, 1.165) is 0 Å². The standard InChI is InChI=1S/C9H19F3N4O/c1-7(6-9(10,11)12)15-8(16-13)14-4-3-5-17-2/h7H,3-6,13H2,1-2H3,(H2,14,15,16). The smallest absolute Gasteiger partial charge is 0.385 e. The van der Waals surface area contributed by atoms with Gasteiger partial charge in [0, 0.05) is 26.3 Å². The summed E-state index contributed by atoms with van der Waals surface area (Å²) >= 11 is 0. The Morgan fingerprint density at radius 2 is 2.12 bits per heavy atom. The summed E-state index contributed by atoms with van der Waals surface area (Å²) in [5.41, 5.74) is 2.23. The minimum Gasteiger partial charge on any atom is -0.385 e. The summed E-state index contributed by atoms with van der Waals surface area (Å²) in [6.45, 7) is 2.38. The first-order chi connectivity index (χ1) is 7.89. The molecule has 0 amide bonds. The molecule has 0 saturated heterocycles. The molecule has 0 aliphatic heterocycles. The summed E-state index contributed by atoms with van der Waals surface area (Å²) in [6, 6.07) is -0.785. The van der Waals surface area contributed by atoms with Crippen molar-refractivity contribution in [1.29, 1.82) is 0 Å². The second kappa shape index (κ2) is 8.13. The van der Waals surface area contributed by atoms with Gasteiger partial charge < -0.3 is 10.1 Å². The number of nitrogens with two attached hydrogens (primary N) is 1. The minimum atomic E-state index is -4.21. The molecule has 8 heteroatoms. The van der Waals surface area contributed by atoms with Gasteiger partial charge in [0.25, 0.3) is 0 Å². The second-order valence-electron chi connectivity index (χ2n) is 3.59. The van der Waals surface area contributed by atoms with E-state index in [1.807, 2.05) is 0 Å². The van der Waals surface area contributed by atoms with Gasteiger partial charge in [-0.2, -0.15) is 13.2 Å². The van der Waals surface area contributed by atoms with Crippen LogP contribution >= 0.6 is 0 Å². The number of methoxy groups -OCH3 is 1. The number of aliphatic imine (C=N–C) groups is 1. The maximum absolute atomic E-state index is 12.1. The van der Waals surface area contributed by atoms with Crippen LogP contribution in [0.5, 0.6) is 0 Å². The SMILES string of the molecule is COCCCN=C(NN)NC(C)CC(F)(F)F. The number of guanidine groups is 1. The molecule has 4 N–H and O–H groups in total. The van der Waals surface area contributed by atoms with Crippen molar-refractivity contribution >= 4 is 5.96 Å². The molecule has 0 spiro atoms. The molecule has 0 radical (unpaired) electrons. The van der Waals surface area contributed by atoms with Crippen molar-refractivity contribution in [3.8, 4) is 0 Å². The Hall–Kier alpha value is -1.02. The van der Waals surface area contributed by atoms with Crippen LogP contribution in [-0.2, 0) is 4.74 Å². The Bertz CT molecular complexity index is 233. The number of nitrogens with one attached hydrogen (secondary N) is 2. The largest absolute Gasteiger partial charge is 0.391 e. The fourth-order valence-corrected chi connectivity index (χ4v) is 1.16. The average Bonchev–Trinajstić information content (AvgIpc) is 2.20. The fourth-order valence-electron chi connectivity index (χ4n) is 1.16. The Kier molecular flexibility index (Phi) is 7.64. The number of hydrazine groups is 1. The van der Waals surface area contributed by atoms with E-state index in [2.05, 4.69) is 15.7 Å². The van der Waals surface area contributed by atoms with Gasteiger partial charge in [-0.1, -0.05) is 0 Å². The monoisotopic (exact) mass is 256 g/mol. The van der Waals surface area contributed by atoms with E-state index in [0.29, 0.717) is 19.6 Å². The van der Waals surface area contributed by atoms with Crippen molar-refractivity contribution in [2.75, 3.05) is 20.3 Å². The number of halogens is 3. The van der Waals surface area contributed by atoms with Gasteiger partial charge in [-0.3, -0.25) is 10.4 Å². The van der Waals surface area contributed by atoms with Crippen molar-refractivity contribution in [1.82, 2.24) is 10.7 Å². The predicted octanol–water partition coefficient (Wildman–Crippen LogP) is 0.773. The molecule has 0 rings (SSSR count). The third-order valence-corrected chi connectivity index (χ3v) is 1.83. The van der Waals surface area contributed by atoms with Crippen LogP contribution in [-0.4, -0.2) is 38.4 Å². The Morgan fingerprint density at radius 1 is 1.47 bits per heavy atom. The highest BCUT2D eigenvalue weighted by Gasteiger charge is 2.30. The highest BCUT2D eigenvalue weighted by molar-refractivity contribution is 5.79. The molecule has 1 atom stereocenters. The Labute approximate surface area is 98.6 Å². The number of rotatable bonds is 6. The van der Waals surface area contributed by atoms with Gasteiger partial charge in [0.05, 0.1) is 6.42 Å². The number of nitrogens with zero attached hydrogens (tertiary/aromatic N) is 1. The summed E-state index contributed by atoms with van der Waals surface area (Å²) in [6.07, 6.45) is -4.47. The predicted molar refractivity (Wildman–Crippen MR) is 59.4 cm³/mol. The lowest BCUT2D eigenvalue weighted by molar-refractivity contribution is -0.138. The summed E-state index contributed by atoms with van der Waals surface area (Å²) in [5, 5.41) is 2.55. The molecule has 0 aliphatic rings. The summed E-state index contributed by atoms with van der Waals surface area (Å²) in [7, 11) is 1.56. The highest BCUT2D eigenvalue weighted by Crippen LogP contribution is 2.21. The molecular formula is C9H19F3N4O. The Balaban J connectivity index is 4.02. The number of ether oxygens (including phenoxy) is 1. The van der Waals surface area contributed by atoms with Crippen LogP contribution in [0.3, 0.4) is 0 Å². The molecular weight excluding hydrogens is 237 g/mol. The third-order valence-electron chi connectivity index (χ3n) is 1.83. The molecule has 17 heavy (non-hydrogen) atoms. The molecule has 0 aromatic carbocycles. The van der Waals surface area contributed by atoms with Crippen LogP contribution in [0.4, 0.5) is 13.2 Å². The van der Waals surface area contributed by atoms with Crippen molar-refractivity contribution in [2.45, 2.75) is 32.0 Å². The molecule has 1 unspecified atom stereocenters. The van der Waals surface area contributed by atoms with Crippen LogP contribution in [0.25, 0.3) is 0 Å². The molecule has 102 valence electrons. The Morgan fingerprint density at radius 3 is 2.59 bits per heavy atom. The van der Waals surface area contributed by atoms with Gasteiger partial charge >= 0.3 is 6.18 Å². The summed E-state index contributed by atoms with van der Waals surface area (Å²) in [5.74, 6) is 5.29. The zero-order valence-corrected chi connectivity index (χ0v) is 9.97. The van der Waals surface area contributed by atoms with E-state index >= 15 is 0 Å². The third kappa shape index (κ3) is 9.88. The lowest BCUT2D eigenvalue weighted by Crippen LogP contribution is -2.46. The fraction of sp³-hybridized carbons (Fsp3) is 0.889. The molecule has 0 aromatic rings. The van der Waals surface area contributed by atoms with Crippen molar-refractivity contribution in [3.63, 3.8) is 0 Å². The van der Waals surface area contributed by atoms with Gasteiger partial charge in [-0.15, -0.1) is 0 Å². The number of alkyl halides is 3. The average molecular weight is 256 g/mol. The van der Waals surface area contributed by atoms with E-state index in [1.54, 1.807) is 7.11 Å². The van der Waals surface area contributed by atoms with Crippen LogP contribution in [0, 0.1) is 0 Å². The normalized spacial score (nSPS) is 14.6. The molecule has 5 nitrogen and oxygen atoms in total. The van der Waals surface area contributed by atoms with Crippen LogP contribution < -0.4 is 16.6 Å². The first-order valence-electron chi connectivity index (χ1n) is 5.22. The van der Waals surface area contributed by atoms with Gasteiger partial charge in [0.15, 0.2) is 0 Å². The van der Waals surface area contributed by atoms with E-state index < -0.39 is 18.6 Å². The van der Waals surface area contributed by atoms with Crippen molar-refractivity contribution in [2.24, 2.45) is 10.8 Å². The molecule has 0 saturated carbocycles. The lowest BCUT2D eigenvalue weighted by atomic mass is 10.2. The van der Waals surface area contributed by atoms with Crippen LogP contribution in [0.2, 0.25) is 0 Å². The molecule has 0 fully saturated rings. The molecule has 0 aliphatic carbocycles. The topological polar surface area (TPSA) is 71.7 Å². The van der Waals surface area contributed by atoms with Crippen LogP contribution in [0.1, 0.15) is 19.8 Å². The van der Waals surface area contributed by atoms with E-state index in [4.69, 9.17) is 10.6 Å². The first kappa shape index (κ1) is 16.0. The molecule has 0 heterocycles. The minimum absolute atomic E-state index is 0.151. The number of hydrogen-bond acceptors (Lipinski definition) is 3. The summed E-state index contributed by atoms with van der Waals surface area (Å²) in [4.78, 5) is 3.97. The zero-order valence-electron chi connectivity index (χ0n) is 9.97.